The fourth-order valence-electron chi connectivity index (χ4n) is 3.58. The Morgan fingerprint density at radius 3 is 2.22 bits per heavy atom. The van der Waals surface area contributed by atoms with Gasteiger partial charge in [0.15, 0.2) is 6.10 Å². The number of rotatable bonds is 7. The highest BCUT2D eigenvalue weighted by atomic mass is 16.4. The molecule has 1 atom stereocenters. The molecule has 0 spiro atoms. The fourth-order valence-corrected chi connectivity index (χ4v) is 3.58. The molecule has 0 heterocycles. The number of hydrogen-bond donors (Lipinski definition) is 4. The molecule has 0 radical (unpaired) electrons. The zero-order valence-electron chi connectivity index (χ0n) is 16.5. The number of carbonyl (C=O) groups excluding carboxylic acids is 1. The molecule has 1 unspecified atom stereocenters. The van der Waals surface area contributed by atoms with Gasteiger partial charge in [-0.05, 0) is 54.7 Å². The van der Waals surface area contributed by atoms with Crippen LogP contribution in [0.2, 0.25) is 0 Å². The second-order valence-electron chi connectivity index (χ2n) is 8.56. The van der Waals surface area contributed by atoms with Crippen LogP contribution < -0.4 is 10.6 Å². The lowest BCUT2D eigenvalue weighted by Gasteiger charge is -2.37. The average molecular weight is 376 g/mol. The fraction of sp³-hybridized carbons (Fsp3) is 0.619. The zero-order chi connectivity index (χ0) is 20.0. The lowest BCUT2D eigenvalue weighted by atomic mass is 9.71. The van der Waals surface area contributed by atoms with Crippen molar-refractivity contribution in [1.29, 1.82) is 0 Å². The quantitative estimate of drug-likeness (QED) is 0.586. The maximum absolute atomic E-state index is 12.0. The molecule has 27 heavy (non-hydrogen) atoms. The van der Waals surface area contributed by atoms with Gasteiger partial charge in [0.25, 0.3) is 5.91 Å². The Kier molecular flexibility index (Phi) is 7.39. The second kappa shape index (κ2) is 9.33. The number of aliphatic hydroxyl groups excluding tert-OH is 1. The Balaban J connectivity index is 1.76. The van der Waals surface area contributed by atoms with E-state index in [1.165, 1.54) is 25.7 Å². The van der Waals surface area contributed by atoms with Gasteiger partial charge in [-0.25, -0.2) is 4.79 Å². The van der Waals surface area contributed by atoms with E-state index in [0.29, 0.717) is 17.0 Å². The number of benzene rings is 1. The van der Waals surface area contributed by atoms with Crippen LogP contribution in [-0.2, 0) is 11.3 Å². The first kappa shape index (κ1) is 21.4. The molecule has 1 fully saturated rings. The Morgan fingerprint density at radius 1 is 1.11 bits per heavy atom. The highest BCUT2D eigenvalue weighted by molar-refractivity contribution is 5.94. The van der Waals surface area contributed by atoms with Crippen LogP contribution in [0, 0.1) is 11.3 Å². The zero-order valence-corrected chi connectivity index (χ0v) is 16.5. The molecular formula is C21H32N2O4. The summed E-state index contributed by atoms with van der Waals surface area (Å²) in [5.41, 5.74) is 1.94. The van der Waals surface area contributed by atoms with E-state index < -0.39 is 18.0 Å². The van der Waals surface area contributed by atoms with Gasteiger partial charge in [-0.1, -0.05) is 32.9 Å². The van der Waals surface area contributed by atoms with Crippen LogP contribution in [0.3, 0.4) is 0 Å². The van der Waals surface area contributed by atoms with Gasteiger partial charge in [-0.15, -0.1) is 0 Å². The van der Waals surface area contributed by atoms with E-state index in [9.17, 15) is 14.7 Å². The number of carbonyl (C=O) groups is 2. The van der Waals surface area contributed by atoms with Gasteiger partial charge in [0.1, 0.15) is 0 Å². The average Bonchev–Trinajstić information content (AvgIpc) is 2.64. The van der Waals surface area contributed by atoms with Gasteiger partial charge >= 0.3 is 5.97 Å². The van der Waals surface area contributed by atoms with E-state index in [2.05, 4.69) is 31.4 Å². The second-order valence-corrected chi connectivity index (χ2v) is 8.56. The van der Waals surface area contributed by atoms with Gasteiger partial charge in [-0.2, -0.15) is 0 Å². The Hall–Kier alpha value is -1.92. The monoisotopic (exact) mass is 376 g/mol. The Morgan fingerprint density at radius 2 is 1.70 bits per heavy atom. The number of aliphatic carboxylic acids is 1. The Labute approximate surface area is 161 Å². The Bertz CT molecular complexity index is 629. The van der Waals surface area contributed by atoms with Crippen molar-refractivity contribution in [2.75, 3.05) is 6.54 Å². The molecule has 6 heteroatoms. The number of carboxylic acid groups (broad SMARTS) is 1. The molecule has 0 aliphatic heterocycles. The summed E-state index contributed by atoms with van der Waals surface area (Å²) < 4.78 is 0. The minimum Gasteiger partial charge on any atom is -0.479 e. The van der Waals surface area contributed by atoms with Crippen LogP contribution in [0.15, 0.2) is 24.3 Å². The molecule has 4 N–H and O–H groups in total. The highest BCUT2D eigenvalue weighted by Gasteiger charge is 2.29. The molecular weight excluding hydrogens is 344 g/mol. The summed E-state index contributed by atoms with van der Waals surface area (Å²) in [6.45, 7) is 7.43. The molecule has 0 bridgehead atoms. The van der Waals surface area contributed by atoms with Gasteiger partial charge < -0.3 is 20.8 Å². The van der Waals surface area contributed by atoms with Crippen molar-refractivity contribution in [2.24, 2.45) is 11.3 Å². The summed E-state index contributed by atoms with van der Waals surface area (Å²) in [7, 11) is 0. The summed E-state index contributed by atoms with van der Waals surface area (Å²) in [5.74, 6) is -0.948. The molecule has 1 aromatic carbocycles. The van der Waals surface area contributed by atoms with Gasteiger partial charge in [-0.3, -0.25) is 4.79 Å². The molecule has 150 valence electrons. The molecule has 1 saturated carbocycles. The molecule has 1 aliphatic carbocycles. The third-order valence-electron chi connectivity index (χ3n) is 5.50. The molecule has 2 rings (SSSR count). The maximum Gasteiger partial charge on any atom is 0.334 e. The van der Waals surface area contributed by atoms with Gasteiger partial charge in [0.05, 0.1) is 6.54 Å². The minimum atomic E-state index is -1.59. The van der Waals surface area contributed by atoms with Crippen LogP contribution in [0.25, 0.3) is 0 Å². The number of amides is 1. The van der Waals surface area contributed by atoms with Crippen molar-refractivity contribution in [3.8, 4) is 0 Å². The third-order valence-corrected chi connectivity index (χ3v) is 5.50. The van der Waals surface area contributed by atoms with Crippen LogP contribution in [0.4, 0.5) is 0 Å². The predicted octanol–water partition coefficient (Wildman–Crippen LogP) is 2.56. The van der Waals surface area contributed by atoms with Crippen molar-refractivity contribution >= 4 is 11.9 Å². The predicted molar refractivity (Wildman–Crippen MR) is 104 cm³/mol. The van der Waals surface area contributed by atoms with E-state index in [1.807, 2.05) is 12.1 Å². The SMILES string of the molecule is CC(C)(C)C1CCC(NCc2ccc(C(=O)NCC(O)C(=O)O)cc2)CC1. The van der Waals surface area contributed by atoms with Crippen LogP contribution in [0.1, 0.15) is 62.4 Å². The van der Waals surface area contributed by atoms with E-state index in [1.54, 1.807) is 12.1 Å². The third kappa shape index (κ3) is 6.63. The molecule has 1 amide bonds. The van der Waals surface area contributed by atoms with E-state index >= 15 is 0 Å². The first-order valence-corrected chi connectivity index (χ1v) is 9.68. The molecule has 1 aliphatic rings. The first-order chi connectivity index (χ1) is 12.7. The lowest BCUT2D eigenvalue weighted by Crippen LogP contribution is -2.36. The molecule has 0 aromatic heterocycles. The van der Waals surface area contributed by atoms with Crippen LogP contribution in [-0.4, -0.2) is 40.8 Å². The summed E-state index contributed by atoms with van der Waals surface area (Å²) in [5, 5.41) is 23.8. The number of nitrogens with one attached hydrogen (secondary N) is 2. The molecule has 1 aromatic rings. The maximum atomic E-state index is 12.0. The van der Waals surface area contributed by atoms with Crippen LogP contribution >= 0.6 is 0 Å². The summed E-state index contributed by atoms with van der Waals surface area (Å²) in [6.07, 6.45) is 3.35. The standard InChI is InChI=1S/C21H32N2O4/c1-21(2,3)16-8-10-17(11-9-16)22-12-14-4-6-15(7-5-14)19(25)23-13-18(24)20(26)27/h4-7,16-18,22,24H,8-13H2,1-3H3,(H,23,25)(H,26,27). The van der Waals surface area contributed by atoms with Crippen molar-refractivity contribution in [3.63, 3.8) is 0 Å². The van der Waals surface area contributed by atoms with Crippen LogP contribution in [0.5, 0.6) is 0 Å². The normalized spacial score (nSPS) is 21.5. The number of aliphatic hydroxyl groups is 1. The van der Waals surface area contributed by atoms with Crippen molar-refractivity contribution < 1.29 is 19.8 Å². The largest absolute Gasteiger partial charge is 0.479 e. The smallest absolute Gasteiger partial charge is 0.334 e. The van der Waals surface area contributed by atoms with Crippen molar-refractivity contribution in [3.05, 3.63) is 35.4 Å². The molecule has 0 saturated heterocycles. The molecule has 6 nitrogen and oxygen atoms in total. The van der Waals surface area contributed by atoms with Crippen molar-refractivity contribution in [2.45, 2.75) is 65.1 Å². The van der Waals surface area contributed by atoms with E-state index in [0.717, 1.165) is 18.0 Å². The highest BCUT2D eigenvalue weighted by Crippen LogP contribution is 2.37. The first-order valence-electron chi connectivity index (χ1n) is 9.68. The van der Waals surface area contributed by atoms with Gasteiger partial charge in [0.2, 0.25) is 0 Å². The lowest BCUT2D eigenvalue weighted by molar-refractivity contribution is -0.146. The summed E-state index contributed by atoms with van der Waals surface area (Å²) >= 11 is 0. The summed E-state index contributed by atoms with van der Waals surface area (Å²) in [6, 6.07) is 7.78. The topological polar surface area (TPSA) is 98.7 Å². The minimum absolute atomic E-state index is 0.311. The van der Waals surface area contributed by atoms with Crippen molar-refractivity contribution in [1.82, 2.24) is 10.6 Å². The summed E-state index contributed by atoms with van der Waals surface area (Å²) in [4.78, 5) is 22.5. The van der Waals surface area contributed by atoms with Gasteiger partial charge in [0, 0.05) is 18.2 Å². The number of carboxylic acids is 1. The van der Waals surface area contributed by atoms with E-state index in [4.69, 9.17) is 5.11 Å². The number of hydrogen-bond acceptors (Lipinski definition) is 4. The van der Waals surface area contributed by atoms with E-state index in [-0.39, 0.29) is 6.54 Å².